The third-order valence-electron chi connectivity index (χ3n) is 6.34. The second-order valence-corrected chi connectivity index (χ2v) is 9.13. The molecule has 1 amide bonds. The molecule has 6 nitrogen and oxygen atoms in total. The molecule has 39 heavy (non-hydrogen) atoms. The predicted octanol–water partition coefficient (Wildman–Crippen LogP) is 5.84. The first-order chi connectivity index (χ1) is 18.9. The Morgan fingerprint density at radius 2 is 1.46 bits per heavy atom. The van der Waals surface area contributed by atoms with Crippen LogP contribution in [0.5, 0.6) is 11.5 Å². The molecule has 2 N–H and O–H groups in total. The van der Waals surface area contributed by atoms with E-state index >= 15 is 0 Å². The number of ketones is 1. The summed E-state index contributed by atoms with van der Waals surface area (Å²) in [6, 6.07) is 13.6. The van der Waals surface area contributed by atoms with Crippen molar-refractivity contribution in [2.45, 2.75) is 64.7 Å². The average molecular weight is 535 g/mol. The molecule has 6 heteroatoms. The second-order valence-electron chi connectivity index (χ2n) is 9.13. The minimum atomic E-state index is -0.281. The molecule has 0 atom stereocenters. The van der Waals surface area contributed by atoms with Gasteiger partial charge in [-0.15, -0.1) is 25.7 Å². The topological polar surface area (TPSA) is 81.9 Å². The maximum absolute atomic E-state index is 11.8. The number of nitrogens with two attached hydrogens (primary N) is 1. The van der Waals surface area contributed by atoms with Gasteiger partial charge in [0, 0.05) is 18.4 Å². The van der Waals surface area contributed by atoms with Gasteiger partial charge in [-0.3, -0.25) is 9.59 Å². The average Bonchev–Trinajstić information content (AvgIpc) is 3.49. The van der Waals surface area contributed by atoms with E-state index in [1.807, 2.05) is 0 Å². The lowest BCUT2D eigenvalue weighted by Crippen LogP contribution is -2.20. The molecule has 0 aliphatic carbocycles. The number of likely N-dealkylation sites (tertiary alicyclic amines) is 1. The number of ether oxygens (including phenoxy) is 2. The first kappa shape index (κ1) is 35.3. The van der Waals surface area contributed by atoms with Gasteiger partial charge >= 0.3 is 0 Å². The van der Waals surface area contributed by atoms with E-state index in [0.29, 0.717) is 18.4 Å². The molecule has 2 aromatic rings. The molecule has 2 aromatic carbocycles. The monoisotopic (exact) mass is 534 g/mol. The molecule has 0 unspecified atom stereocenters. The van der Waals surface area contributed by atoms with Crippen molar-refractivity contribution in [1.82, 2.24) is 4.90 Å². The predicted molar refractivity (Wildman–Crippen MR) is 161 cm³/mol. The van der Waals surface area contributed by atoms with Crippen molar-refractivity contribution in [3.8, 4) is 37.2 Å². The van der Waals surface area contributed by atoms with Crippen LogP contribution < -0.4 is 15.2 Å². The number of hydrogen-bond donors (Lipinski definition) is 1. The van der Waals surface area contributed by atoms with E-state index in [1.165, 1.54) is 56.4 Å². The van der Waals surface area contributed by atoms with Crippen LogP contribution >= 0.6 is 0 Å². The Labute approximate surface area is 236 Å². The molecular formula is C33H46N2O4. The fourth-order valence-electron chi connectivity index (χ4n) is 4.29. The van der Waals surface area contributed by atoms with Crippen LogP contribution in [0.4, 0.5) is 0 Å². The normalized spacial score (nSPS) is 11.9. The number of carbonyl (C=O) groups excluding carboxylic acids is 2. The van der Waals surface area contributed by atoms with E-state index in [-0.39, 0.29) is 11.7 Å². The summed E-state index contributed by atoms with van der Waals surface area (Å²) in [5.41, 5.74) is 8.41. The van der Waals surface area contributed by atoms with Gasteiger partial charge < -0.3 is 20.1 Å². The standard InChI is InChI=1S/C15H23NO.C14H19NO3.2C2H2/c1-13-12-14(7-8-15(13)17-2)6-5-11-16-9-3-4-10-16;1-18-12-9-7-11(8-10-12)13(16)5-3-2-4-6-14(15)17;2*1-2/h7-8,12H,3-6,9-11H2,1-2H3;7-10H,2-6H2,1H3,(H2,15,17);2*1-2H. The molecule has 0 spiro atoms. The molecule has 0 saturated carbocycles. The summed E-state index contributed by atoms with van der Waals surface area (Å²) in [6.45, 7) is 5.98. The number of carbonyl (C=O) groups is 2. The Balaban J connectivity index is 0.000000657. The van der Waals surface area contributed by atoms with Gasteiger partial charge in [-0.05, 0) is 107 Å². The molecule has 1 saturated heterocycles. The molecule has 0 aromatic heterocycles. The lowest BCUT2D eigenvalue weighted by Gasteiger charge is -2.14. The zero-order valence-corrected chi connectivity index (χ0v) is 24.0. The van der Waals surface area contributed by atoms with Crippen LogP contribution in [0, 0.1) is 32.6 Å². The van der Waals surface area contributed by atoms with Crippen molar-refractivity contribution in [2.24, 2.45) is 5.73 Å². The Morgan fingerprint density at radius 1 is 0.846 bits per heavy atom. The van der Waals surface area contributed by atoms with Gasteiger partial charge in [0.05, 0.1) is 14.2 Å². The van der Waals surface area contributed by atoms with Crippen LogP contribution in [0.15, 0.2) is 42.5 Å². The molecule has 1 aliphatic heterocycles. The van der Waals surface area contributed by atoms with Crippen LogP contribution in [-0.2, 0) is 11.2 Å². The van der Waals surface area contributed by atoms with E-state index in [1.54, 1.807) is 38.5 Å². The van der Waals surface area contributed by atoms with Crippen molar-refractivity contribution in [3.63, 3.8) is 0 Å². The highest BCUT2D eigenvalue weighted by atomic mass is 16.5. The maximum atomic E-state index is 11.8. The lowest BCUT2D eigenvalue weighted by atomic mass is 10.0. The highest BCUT2D eigenvalue weighted by Gasteiger charge is 2.10. The van der Waals surface area contributed by atoms with Gasteiger partial charge in [0.1, 0.15) is 11.5 Å². The van der Waals surface area contributed by atoms with E-state index in [2.05, 4.69) is 55.7 Å². The van der Waals surface area contributed by atoms with Crippen LogP contribution in [-0.4, -0.2) is 50.4 Å². The Bertz CT molecular complexity index is 984. The number of hydrogen-bond acceptors (Lipinski definition) is 5. The number of methoxy groups -OCH3 is 2. The van der Waals surface area contributed by atoms with Crippen LogP contribution in [0.2, 0.25) is 0 Å². The zero-order chi connectivity index (χ0) is 29.5. The summed E-state index contributed by atoms with van der Waals surface area (Å²) in [7, 11) is 3.32. The van der Waals surface area contributed by atoms with Crippen LogP contribution in [0.3, 0.4) is 0 Å². The van der Waals surface area contributed by atoms with E-state index < -0.39 is 0 Å². The molecule has 0 bridgehead atoms. The Kier molecular flexibility index (Phi) is 20.1. The second kappa shape index (κ2) is 22.3. The summed E-state index contributed by atoms with van der Waals surface area (Å²) in [5.74, 6) is 1.58. The van der Waals surface area contributed by atoms with E-state index in [0.717, 1.165) is 30.8 Å². The minimum absolute atomic E-state index is 0.122. The molecule has 0 radical (unpaired) electrons. The fraction of sp³-hybridized carbons (Fsp3) is 0.455. The highest BCUT2D eigenvalue weighted by Crippen LogP contribution is 2.19. The summed E-state index contributed by atoms with van der Waals surface area (Å²) in [4.78, 5) is 24.9. The van der Waals surface area contributed by atoms with Crippen LogP contribution in [0.25, 0.3) is 0 Å². The van der Waals surface area contributed by atoms with Gasteiger partial charge in [0.25, 0.3) is 0 Å². The van der Waals surface area contributed by atoms with Crippen molar-refractivity contribution in [2.75, 3.05) is 33.9 Å². The van der Waals surface area contributed by atoms with Gasteiger partial charge in [-0.25, -0.2) is 0 Å². The molecular weight excluding hydrogens is 488 g/mol. The summed E-state index contributed by atoms with van der Waals surface area (Å²) < 4.78 is 10.3. The summed E-state index contributed by atoms with van der Waals surface area (Å²) >= 11 is 0. The third-order valence-corrected chi connectivity index (χ3v) is 6.34. The van der Waals surface area contributed by atoms with Gasteiger partial charge in [0.15, 0.2) is 5.78 Å². The van der Waals surface area contributed by atoms with Gasteiger partial charge in [-0.1, -0.05) is 18.6 Å². The molecule has 1 fully saturated rings. The van der Waals surface area contributed by atoms with Crippen molar-refractivity contribution in [1.29, 1.82) is 0 Å². The summed E-state index contributed by atoms with van der Waals surface area (Å²) in [6.07, 6.45) is 24.5. The smallest absolute Gasteiger partial charge is 0.217 e. The fourth-order valence-corrected chi connectivity index (χ4v) is 4.29. The summed E-state index contributed by atoms with van der Waals surface area (Å²) in [5, 5.41) is 0. The lowest BCUT2D eigenvalue weighted by molar-refractivity contribution is -0.118. The molecule has 212 valence electrons. The Morgan fingerprint density at radius 3 is 2.00 bits per heavy atom. The van der Waals surface area contributed by atoms with Crippen LogP contribution in [0.1, 0.15) is 72.9 Å². The van der Waals surface area contributed by atoms with Crippen molar-refractivity contribution >= 4 is 11.7 Å². The SMILES string of the molecule is C#C.C#C.COc1ccc(C(=O)CCCCCC(N)=O)cc1.COc1ccc(CCCN2CCCC2)cc1C. The number of benzene rings is 2. The van der Waals surface area contributed by atoms with Crippen molar-refractivity contribution < 1.29 is 19.1 Å². The quantitative estimate of drug-likeness (QED) is 0.198. The number of amides is 1. The largest absolute Gasteiger partial charge is 0.497 e. The number of Topliss-reactive ketones (excluding diaryl/α,β-unsaturated/α-hetero) is 1. The molecule has 1 aliphatic rings. The number of unbranched alkanes of at least 4 members (excludes halogenated alkanes) is 2. The first-order valence-electron chi connectivity index (χ1n) is 13.4. The Hall–Kier alpha value is -3.74. The number of nitrogens with zero attached hydrogens (tertiary/aromatic N) is 1. The number of rotatable bonds is 13. The molecule has 3 rings (SSSR count). The van der Waals surface area contributed by atoms with E-state index in [9.17, 15) is 9.59 Å². The first-order valence-corrected chi connectivity index (χ1v) is 13.4. The zero-order valence-electron chi connectivity index (χ0n) is 24.0. The number of aryl methyl sites for hydroxylation is 2. The highest BCUT2D eigenvalue weighted by molar-refractivity contribution is 5.96. The van der Waals surface area contributed by atoms with Gasteiger partial charge in [-0.2, -0.15) is 0 Å². The number of primary amides is 1. The van der Waals surface area contributed by atoms with E-state index in [4.69, 9.17) is 15.2 Å². The minimum Gasteiger partial charge on any atom is -0.497 e. The van der Waals surface area contributed by atoms with Crippen molar-refractivity contribution in [3.05, 3.63) is 59.2 Å². The third kappa shape index (κ3) is 15.3. The van der Waals surface area contributed by atoms with Gasteiger partial charge in [0.2, 0.25) is 5.91 Å². The number of terminal acetylenes is 2. The maximum Gasteiger partial charge on any atom is 0.217 e. The molecule has 1 heterocycles.